The highest BCUT2D eigenvalue weighted by atomic mass is 32.1. The number of halogens is 1. The molecule has 0 atom stereocenters. The second-order valence-electron chi connectivity index (χ2n) is 6.26. The predicted molar refractivity (Wildman–Crippen MR) is 89.9 cm³/mol. The zero-order valence-corrected chi connectivity index (χ0v) is 13.8. The molecular weight excluding hydrogens is 311 g/mol. The van der Waals surface area contributed by atoms with Gasteiger partial charge in [0.25, 0.3) is 0 Å². The molecule has 1 aliphatic carbocycles. The minimum absolute atomic E-state index is 0.0591. The summed E-state index contributed by atoms with van der Waals surface area (Å²) in [6.45, 7) is 2.62. The third-order valence-electron chi connectivity index (χ3n) is 4.59. The third kappa shape index (κ3) is 2.66. The van der Waals surface area contributed by atoms with E-state index in [1.54, 1.807) is 17.4 Å². The zero-order valence-electron chi connectivity index (χ0n) is 13.0. The number of nitrogens with zero attached hydrogens (tertiary/aromatic N) is 2. The van der Waals surface area contributed by atoms with Gasteiger partial charge in [-0.25, -0.2) is 14.4 Å². The summed E-state index contributed by atoms with van der Waals surface area (Å²) in [5.74, 6) is 0.487. The van der Waals surface area contributed by atoms with Gasteiger partial charge in [0.2, 0.25) is 0 Å². The molecule has 1 aromatic carbocycles. The molecule has 23 heavy (non-hydrogen) atoms. The Morgan fingerprint density at radius 1 is 1.30 bits per heavy atom. The van der Waals surface area contributed by atoms with Crippen molar-refractivity contribution >= 4 is 22.4 Å². The molecule has 2 heterocycles. The first-order chi connectivity index (χ1) is 11.2. The van der Waals surface area contributed by atoms with Crippen LogP contribution >= 0.6 is 11.3 Å². The lowest BCUT2D eigenvalue weighted by Gasteiger charge is -2.27. The van der Waals surface area contributed by atoms with Gasteiger partial charge in [-0.2, -0.15) is 0 Å². The van der Waals surface area contributed by atoms with Crippen LogP contribution in [0.5, 0.6) is 0 Å². The fourth-order valence-corrected chi connectivity index (χ4v) is 4.44. The lowest BCUT2D eigenvalue weighted by Crippen LogP contribution is -2.39. The Hall–Kier alpha value is -1.79. The Bertz CT molecular complexity index is 832. The maximum absolute atomic E-state index is 13.8. The highest BCUT2D eigenvalue weighted by Gasteiger charge is 2.37. The number of aromatic amines is 1. The van der Waals surface area contributed by atoms with Gasteiger partial charge in [-0.1, -0.05) is 18.9 Å². The van der Waals surface area contributed by atoms with E-state index < -0.39 is 0 Å². The van der Waals surface area contributed by atoms with Crippen LogP contribution in [0.3, 0.4) is 0 Å². The van der Waals surface area contributed by atoms with Crippen molar-refractivity contribution in [2.75, 3.05) is 0 Å². The fourth-order valence-electron chi connectivity index (χ4n) is 3.40. The highest BCUT2D eigenvalue weighted by molar-refractivity contribution is 7.09. The monoisotopic (exact) mass is 330 g/mol. The third-order valence-corrected chi connectivity index (χ3v) is 5.76. The molecule has 2 N–H and O–H groups in total. The van der Waals surface area contributed by atoms with Gasteiger partial charge < -0.3 is 4.98 Å². The van der Waals surface area contributed by atoms with E-state index in [4.69, 9.17) is 4.98 Å². The molecule has 6 heteroatoms. The molecule has 0 saturated heterocycles. The molecule has 4 nitrogen and oxygen atoms in total. The first kappa shape index (κ1) is 14.8. The van der Waals surface area contributed by atoms with Crippen molar-refractivity contribution in [1.29, 1.82) is 0 Å². The van der Waals surface area contributed by atoms with Crippen LogP contribution in [0.15, 0.2) is 23.6 Å². The molecule has 1 fully saturated rings. The topological polar surface area (TPSA) is 53.6 Å². The quantitative estimate of drug-likeness (QED) is 0.759. The van der Waals surface area contributed by atoms with Gasteiger partial charge in [0.05, 0.1) is 17.6 Å². The number of nitrogens with one attached hydrogen (secondary N) is 2. The maximum atomic E-state index is 13.8. The van der Waals surface area contributed by atoms with Crippen molar-refractivity contribution < 1.29 is 4.39 Å². The minimum atomic E-state index is -0.281. The summed E-state index contributed by atoms with van der Waals surface area (Å²) in [7, 11) is 0. The van der Waals surface area contributed by atoms with E-state index in [0.29, 0.717) is 12.1 Å². The lowest BCUT2D eigenvalue weighted by molar-refractivity contribution is 0.333. The molecule has 0 bridgehead atoms. The van der Waals surface area contributed by atoms with Gasteiger partial charge in [0.1, 0.15) is 16.3 Å². The highest BCUT2D eigenvalue weighted by Crippen LogP contribution is 2.40. The molecule has 120 valence electrons. The predicted octanol–water partition coefficient (Wildman–Crippen LogP) is 4.03. The van der Waals surface area contributed by atoms with Crippen LogP contribution in [0.2, 0.25) is 0 Å². The van der Waals surface area contributed by atoms with E-state index in [1.165, 1.54) is 18.9 Å². The molecule has 0 amide bonds. The Morgan fingerprint density at radius 3 is 2.83 bits per heavy atom. The normalized spacial score (nSPS) is 17.1. The smallest absolute Gasteiger partial charge is 0.151 e. The van der Waals surface area contributed by atoms with E-state index in [0.717, 1.165) is 34.9 Å². The van der Waals surface area contributed by atoms with Crippen molar-refractivity contribution in [2.45, 2.75) is 44.7 Å². The summed E-state index contributed by atoms with van der Waals surface area (Å²) >= 11 is 1.72. The van der Waals surface area contributed by atoms with Crippen molar-refractivity contribution in [2.24, 2.45) is 0 Å². The minimum Gasteiger partial charge on any atom is -0.341 e. The van der Waals surface area contributed by atoms with Crippen LogP contribution in [-0.4, -0.2) is 15.0 Å². The van der Waals surface area contributed by atoms with Crippen molar-refractivity contribution in [3.63, 3.8) is 0 Å². The zero-order chi connectivity index (χ0) is 15.9. The van der Waals surface area contributed by atoms with E-state index in [2.05, 4.69) is 20.7 Å². The van der Waals surface area contributed by atoms with Crippen LogP contribution in [0.1, 0.15) is 42.2 Å². The van der Waals surface area contributed by atoms with E-state index in [9.17, 15) is 4.39 Å². The average molecular weight is 330 g/mol. The Kier molecular flexibility index (Phi) is 3.66. The SMILES string of the molecule is Cc1csc(C2(NCc3nc4c(F)cccc4[nH]3)CCCC2)n1. The molecule has 3 aromatic rings. The molecule has 0 unspecified atom stereocenters. The van der Waals surface area contributed by atoms with Gasteiger partial charge in [0.15, 0.2) is 5.82 Å². The number of aromatic nitrogens is 3. The number of thiazole rings is 1. The number of H-pyrrole nitrogens is 1. The summed E-state index contributed by atoms with van der Waals surface area (Å²) in [6.07, 6.45) is 4.60. The van der Waals surface area contributed by atoms with Crippen LogP contribution in [0, 0.1) is 12.7 Å². The van der Waals surface area contributed by atoms with Gasteiger partial charge in [-0.05, 0) is 31.9 Å². The number of rotatable bonds is 4. The second kappa shape index (κ2) is 5.69. The summed E-state index contributed by atoms with van der Waals surface area (Å²) in [5.41, 5.74) is 2.17. The van der Waals surface area contributed by atoms with Gasteiger partial charge in [0, 0.05) is 11.1 Å². The molecule has 0 spiro atoms. The number of hydrogen-bond acceptors (Lipinski definition) is 4. The number of imidazole rings is 1. The summed E-state index contributed by atoms with van der Waals surface area (Å²) in [5, 5.41) is 6.92. The Balaban J connectivity index is 1.59. The summed E-state index contributed by atoms with van der Waals surface area (Å²) in [6, 6.07) is 4.99. The standard InChI is InChI=1S/C17H19FN4S/c1-11-10-23-16(20-11)17(7-2-3-8-17)19-9-14-21-13-6-4-5-12(18)15(13)22-14/h4-6,10,19H,2-3,7-9H2,1H3,(H,21,22). The van der Waals surface area contributed by atoms with E-state index in [-0.39, 0.29) is 11.4 Å². The Labute approximate surface area is 138 Å². The maximum Gasteiger partial charge on any atom is 0.151 e. The lowest BCUT2D eigenvalue weighted by atomic mass is 9.98. The number of para-hydroxylation sites is 1. The number of aryl methyl sites for hydroxylation is 1. The van der Waals surface area contributed by atoms with Crippen LogP contribution in [0.25, 0.3) is 11.0 Å². The van der Waals surface area contributed by atoms with Crippen molar-refractivity contribution in [3.8, 4) is 0 Å². The van der Waals surface area contributed by atoms with Crippen LogP contribution in [0.4, 0.5) is 4.39 Å². The first-order valence-corrected chi connectivity index (χ1v) is 8.85. The number of hydrogen-bond donors (Lipinski definition) is 2. The van der Waals surface area contributed by atoms with Crippen molar-refractivity contribution in [3.05, 3.63) is 45.9 Å². The van der Waals surface area contributed by atoms with E-state index in [1.807, 2.05) is 13.0 Å². The van der Waals surface area contributed by atoms with Crippen LogP contribution < -0.4 is 5.32 Å². The van der Waals surface area contributed by atoms with Crippen molar-refractivity contribution in [1.82, 2.24) is 20.3 Å². The second-order valence-corrected chi connectivity index (χ2v) is 7.11. The molecular formula is C17H19FN4S. The molecule has 1 aliphatic rings. The largest absolute Gasteiger partial charge is 0.341 e. The summed E-state index contributed by atoms with van der Waals surface area (Å²) < 4.78 is 13.8. The average Bonchev–Trinajstić information content (AvgIpc) is 3.24. The number of fused-ring (bicyclic) bond motifs is 1. The first-order valence-electron chi connectivity index (χ1n) is 7.97. The number of benzene rings is 1. The van der Waals surface area contributed by atoms with E-state index >= 15 is 0 Å². The molecule has 2 aromatic heterocycles. The summed E-state index contributed by atoms with van der Waals surface area (Å²) in [4.78, 5) is 12.3. The molecule has 0 aliphatic heterocycles. The fraction of sp³-hybridized carbons (Fsp3) is 0.412. The molecule has 4 rings (SSSR count). The van der Waals surface area contributed by atoms with Gasteiger partial charge in [-0.15, -0.1) is 11.3 Å². The van der Waals surface area contributed by atoms with Gasteiger partial charge >= 0.3 is 0 Å². The van der Waals surface area contributed by atoms with Crippen LogP contribution in [-0.2, 0) is 12.1 Å². The molecule has 0 radical (unpaired) electrons. The van der Waals surface area contributed by atoms with Gasteiger partial charge in [-0.3, -0.25) is 5.32 Å². The molecule has 1 saturated carbocycles. The Morgan fingerprint density at radius 2 is 2.13 bits per heavy atom.